The summed E-state index contributed by atoms with van der Waals surface area (Å²) in [5.41, 5.74) is 6.74. The van der Waals surface area contributed by atoms with Crippen LogP contribution in [0.4, 0.5) is 0 Å². The Morgan fingerprint density at radius 1 is 1.06 bits per heavy atom. The molecule has 0 unspecified atom stereocenters. The summed E-state index contributed by atoms with van der Waals surface area (Å²) in [6, 6.07) is 16.0. The number of rotatable bonds is 4. The number of ether oxygens (including phenoxy) is 1. The molecule has 2 aromatic rings. The third kappa shape index (κ3) is 3.44. The molecule has 0 spiro atoms. The maximum atomic E-state index is 5.88. The van der Waals surface area contributed by atoms with Gasteiger partial charge in [-0.2, -0.15) is 0 Å². The van der Waals surface area contributed by atoms with Gasteiger partial charge in [-0.3, -0.25) is 0 Å². The van der Waals surface area contributed by atoms with Gasteiger partial charge < -0.3 is 10.5 Å². The van der Waals surface area contributed by atoms with Crippen molar-refractivity contribution in [2.45, 2.75) is 6.42 Å². The third-order valence-corrected chi connectivity index (χ3v) is 3.08. The van der Waals surface area contributed by atoms with Crippen LogP contribution < -0.4 is 10.5 Å². The lowest BCUT2D eigenvalue weighted by Gasteiger charge is -2.10. The highest BCUT2D eigenvalue weighted by molar-refractivity contribution is 14.1. The van der Waals surface area contributed by atoms with Crippen LogP contribution in [0.3, 0.4) is 0 Å². The molecule has 2 nitrogen and oxygen atoms in total. The molecule has 0 aromatic heterocycles. The maximum absolute atomic E-state index is 5.88. The van der Waals surface area contributed by atoms with Crippen LogP contribution in [-0.4, -0.2) is 6.54 Å². The van der Waals surface area contributed by atoms with E-state index in [4.69, 9.17) is 10.5 Å². The van der Waals surface area contributed by atoms with Crippen LogP contribution in [0.2, 0.25) is 0 Å². The third-order valence-electron chi connectivity index (χ3n) is 2.41. The summed E-state index contributed by atoms with van der Waals surface area (Å²) in [7, 11) is 0. The zero-order chi connectivity index (χ0) is 12.1. The standard InChI is InChI=1S/C14H14INO/c15-12-5-3-6-13(10-12)17-14-7-2-1-4-11(14)8-9-16/h1-7,10H,8-9,16H2. The fourth-order valence-corrected chi connectivity index (χ4v) is 2.14. The Kier molecular flexibility index (Phi) is 4.39. The van der Waals surface area contributed by atoms with E-state index in [-0.39, 0.29) is 0 Å². The first-order valence-electron chi connectivity index (χ1n) is 5.51. The average molecular weight is 339 g/mol. The molecule has 0 aliphatic heterocycles. The van der Waals surface area contributed by atoms with Gasteiger partial charge in [0.05, 0.1) is 0 Å². The predicted octanol–water partition coefficient (Wildman–Crippen LogP) is 3.58. The number of benzene rings is 2. The Hall–Kier alpha value is -1.07. The maximum Gasteiger partial charge on any atom is 0.130 e. The zero-order valence-corrected chi connectivity index (χ0v) is 11.6. The minimum atomic E-state index is 0.632. The van der Waals surface area contributed by atoms with E-state index in [1.807, 2.05) is 42.5 Å². The van der Waals surface area contributed by atoms with Crippen molar-refractivity contribution in [3.63, 3.8) is 0 Å². The van der Waals surface area contributed by atoms with Crippen LogP contribution >= 0.6 is 22.6 Å². The first-order valence-corrected chi connectivity index (χ1v) is 6.59. The molecule has 0 saturated carbocycles. The van der Waals surface area contributed by atoms with E-state index in [9.17, 15) is 0 Å². The molecule has 0 heterocycles. The molecule has 0 aliphatic rings. The fraction of sp³-hybridized carbons (Fsp3) is 0.143. The lowest BCUT2D eigenvalue weighted by molar-refractivity contribution is 0.476. The minimum Gasteiger partial charge on any atom is -0.457 e. The summed E-state index contributed by atoms with van der Waals surface area (Å²) in [5.74, 6) is 1.75. The van der Waals surface area contributed by atoms with Crippen LogP contribution in [0, 0.1) is 3.57 Å². The Labute approximate surface area is 115 Å². The second-order valence-corrected chi connectivity index (χ2v) is 4.95. The smallest absolute Gasteiger partial charge is 0.130 e. The molecule has 2 aromatic carbocycles. The van der Waals surface area contributed by atoms with Crippen molar-refractivity contribution < 1.29 is 4.74 Å². The number of para-hydroxylation sites is 1. The van der Waals surface area contributed by atoms with Gasteiger partial charge in [-0.25, -0.2) is 0 Å². The highest BCUT2D eigenvalue weighted by atomic mass is 127. The molecule has 0 atom stereocenters. The van der Waals surface area contributed by atoms with E-state index in [1.165, 1.54) is 0 Å². The molecule has 0 fully saturated rings. The van der Waals surface area contributed by atoms with Gasteiger partial charge >= 0.3 is 0 Å². The van der Waals surface area contributed by atoms with E-state index in [0.29, 0.717) is 6.54 Å². The van der Waals surface area contributed by atoms with Crippen LogP contribution in [0.15, 0.2) is 48.5 Å². The molecular weight excluding hydrogens is 325 g/mol. The van der Waals surface area contributed by atoms with Gasteiger partial charge in [-0.15, -0.1) is 0 Å². The second kappa shape index (κ2) is 6.02. The van der Waals surface area contributed by atoms with E-state index >= 15 is 0 Å². The van der Waals surface area contributed by atoms with Crippen molar-refractivity contribution >= 4 is 22.6 Å². The number of hydrogen-bond acceptors (Lipinski definition) is 2. The first-order chi connectivity index (χ1) is 8.29. The Bertz CT molecular complexity index is 499. The Balaban J connectivity index is 2.23. The molecule has 2 rings (SSSR count). The van der Waals surface area contributed by atoms with Gasteiger partial charge in [0.25, 0.3) is 0 Å². The Morgan fingerprint density at radius 3 is 2.65 bits per heavy atom. The minimum absolute atomic E-state index is 0.632. The van der Waals surface area contributed by atoms with Gasteiger partial charge in [0, 0.05) is 3.57 Å². The van der Waals surface area contributed by atoms with E-state index in [0.717, 1.165) is 27.1 Å². The summed E-state index contributed by atoms with van der Waals surface area (Å²) in [6.07, 6.45) is 0.833. The van der Waals surface area contributed by atoms with Gasteiger partial charge in [-0.1, -0.05) is 24.3 Å². The lowest BCUT2D eigenvalue weighted by atomic mass is 10.1. The van der Waals surface area contributed by atoms with Crippen molar-refractivity contribution in [3.05, 3.63) is 57.7 Å². The molecule has 0 bridgehead atoms. The van der Waals surface area contributed by atoms with Crippen molar-refractivity contribution in [3.8, 4) is 11.5 Å². The summed E-state index contributed by atoms with van der Waals surface area (Å²) < 4.78 is 7.05. The van der Waals surface area contributed by atoms with E-state index in [2.05, 4.69) is 28.7 Å². The SMILES string of the molecule is NCCc1ccccc1Oc1cccc(I)c1. The normalized spacial score (nSPS) is 10.2. The summed E-state index contributed by atoms with van der Waals surface area (Å²) >= 11 is 2.27. The largest absolute Gasteiger partial charge is 0.457 e. The molecule has 0 radical (unpaired) electrons. The van der Waals surface area contributed by atoms with Gasteiger partial charge in [-0.05, 0) is 65.4 Å². The molecule has 0 amide bonds. The number of halogens is 1. The molecular formula is C14H14INO. The van der Waals surface area contributed by atoms with Crippen LogP contribution in [0.5, 0.6) is 11.5 Å². The monoisotopic (exact) mass is 339 g/mol. The molecule has 2 N–H and O–H groups in total. The van der Waals surface area contributed by atoms with Crippen molar-refractivity contribution in [2.75, 3.05) is 6.54 Å². The van der Waals surface area contributed by atoms with Crippen molar-refractivity contribution in [2.24, 2.45) is 5.73 Å². The van der Waals surface area contributed by atoms with E-state index in [1.54, 1.807) is 0 Å². The van der Waals surface area contributed by atoms with Crippen LogP contribution in [-0.2, 0) is 6.42 Å². The van der Waals surface area contributed by atoms with Gasteiger partial charge in [0.1, 0.15) is 11.5 Å². The fourth-order valence-electron chi connectivity index (χ4n) is 1.62. The zero-order valence-electron chi connectivity index (χ0n) is 9.40. The highest BCUT2D eigenvalue weighted by Gasteiger charge is 2.03. The predicted molar refractivity (Wildman–Crippen MR) is 78.4 cm³/mol. The Morgan fingerprint density at radius 2 is 1.88 bits per heavy atom. The first kappa shape index (κ1) is 12.4. The quantitative estimate of drug-likeness (QED) is 0.864. The van der Waals surface area contributed by atoms with Crippen LogP contribution in [0.25, 0.3) is 0 Å². The van der Waals surface area contributed by atoms with Crippen LogP contribution in [0.1, 0.15) is 5.56 Å². The summed E-state index contributed by atoms with van der Waals surface area (Å²) in [4.78, 5) is 0. The average Bonchev–Trinajstić information content (AvgIpc) is 2.32. The number of nitrogens with two attached hydrogens (primary N) is 1. The molecule has 3 heteroatoms. The molecule has 88 valence electrons. The molecule has 0 aliphatic carbocycles. The number of hydrogen-bond donors (Lipinski definition) is 1. The lowest BCUT2D eigenvalue weighted by Crippen LogP contribution is -2.03. The highest BCUT2D eigenvalue weighted by Crippen LogP contribution is 2.26. The molecule has 0 saturated heterocycles. The van der Waals surface area contributed by atoms with Gasteiger partial charge in [0.2, 0.25) is 0 Å². The van der Waals surface area contributed by atoms with Crippen molar-refractivity contribution in [1.82, 2.24) is 0 Å². The van der Waals surface area contributed by atoms with E-state index < -0.39 is 0 Å². The summed E-state index contributed by atoms with van der Waals surface area (Å²) in [5, 5.41) is 0. The second-order valence-electron chi connectivity index (χ2n) is 3.71. The molecule has 17 heavy (non-hydrogen) atoms. The van der Waals surface area contributed by atoms with Gasteiger partial charge in [0.15, 0.2) is 0 Å². The topological polar surface area (TPSA) is 35.2 Å². The summed E-state index contributed by atoms with van der Waals surface area (Å²) in [6.45, 7) is 0.632. The van der Waals surface area contributed by atoms with Crippen molar-refractivity contribution in [1.29, 1.82) is 0 Å².